The van der Waals surface area contributed by atoms with Gasteiger partial charge in [0.15, 0.2) is 0 Å². The molecule has 0 bridgehead atoms. The van der Waals surface area contributed by atoms with Crippen LogP contribution in [0.25, 0.3) is 0 Å². The van der Waals surface area contributed by atoms with Crippen molar-refractivity contribution in [2.45, 2.75) is 25.2 Å². The summed E-state index contributed by atoms with van der Waals surface area (Å²) < 4.78 is 4.94. The second kappa shape index (κ2) is 8.92. The summed E-state index contributed by atoms with van der Waals surface area (Å²) in [6, 6.07) is 6.71. The number of ether oxygens (including phenoxy) is 1. The largest absolute Gasteiger partial charge is 0.478 e. The lowest BCUT2D eigenvalue weighted by Gasteiger charge is -2.18. The summed E-state index contributed by atoms with van der Waals surface area (Å²) in [7, 11) is 0. The first kappa shape index (κ1) is 16.9. The molecule has 5 heteroatoms. The zero-order valence-electron chi connectivity index (χ0n) is 11.8. The van der Waals surface area contributed by atoms with Crippen LogP contribution in [0.2, 0.25) is 0 Å². The third kappa shape index (κ3) is 5.39. The Morgan fingerprint density at radius 2 is 2.00 bits per heavy atom. The van der Waals surface area contributed by atoms with Crippen molar-refractivity contribution in [3.8, 4) is 0 Å². The van der Waals surface area contributed by atoms with Gasteiger partial charge < -0.3 is 9.84 Å². The van der Waals surface area contributed by atoms with Gasteiger partial charge in [-0.15, -0.1) is 0 Å². The summed E-state index contributed by atoms with van der Waals surface area (Å²) in [5.41, 5.74) is 0.900. The van der Waals surface area contributed by atoms with Crippen molar-refractivity contribution < 1.29 is 24.5 Å². The number of benzene rings is 1. The lowest BCUT2D eigenvalue weighted by atomic mass is 9.88. The Balaban J connectivity index is 2.83. The predicted molar refractivity (Wildman–Crippen MR) is 76.7 cm³/mol. The van der Waals surface area contributed by atoms with Crippen molar-refractivity contribution in [2.24, 2.45) is 0 Å². The van der Waals surface area contributed by atoms with Gasteiger partial charge in [-0.3, -0.25) is 0 Å². The summed E-state index contributed by atoms with van der Waals surface area (Å²) in [6.07, 6.45) is 2.58. The van der Waals surface area contributed by atoms with Crippen molar-refractivity contribution in [3.05, 3.63) is 48.0 Å². The monoisotopic (exact) mass is 291 g/mol. The Bertz CT molecular complexity index is 495. The molecule has 0 fully saturated rings. The molecular weight excluding hydrogens is 272 g/mol. The Morgan fingerprint density at radius 3 is 2.62 bits per heavy atom. The molecule has 1 rings (SSSR count). The summed E-state index contributed by atoms with van der Waals surface area (Å²) in [5, 5.41) is 19.9. The maximum atomic E-state index is 11.3. The molecule has 1 aromatic rings. The zero-order chi connectivity index (χ0) is 15.7. The van der Waals surface area contributed by atoms with E-state index in [9.17, 15) is 19.8 Å². The number of carboxylic acid groups (broad SMARTS) is 1. The van der Waals surface area contributed by atoms with Crippen LogP contribution in [-0.2, 0) is 14.6 Å². The predicted octanol–water partition coefficient (Wildman–Crippen LogP) is 2.80. The smallest absolute Gasteiger partial charge is 0.335 e. The maximum Gasteiger partial charge on any atom is 0.335 e. The van der Waals surface area contributed by atoms with Crippen LogP contribution in [0.4, 0.5) is 0 Å². The van der Waals surface area contributed by atoms with E-state index in [1.807, 2.05) is 0 Å². The van der Waals surface area contributed by atoms with Gasteiger partial charge in [-0.05, 0) is 36.8 Å². The van der Waals surface area contributed by atoms with E-state index in [4.69, 9.17) is 4.74 Å². The molecule has 0 amide bonds. The average Bonchev–Trinajstić information content (AvgIpc) is 2.50. The maximum absolute atomic E-state index is 11.3. The molecule has 113 valence electrons. The number of carboxylic acids is 1. The molecule has 1 aromatic carbocycles. The van der Waals surface area contributed by atoms with E-state index in [0.29, 0.717) is 24.8 Å². The molecule has 1 N–H and O–H groups in total. The van der Waals surface area contributed by atoms with E-state index in [1.165, 1.54) is 6.07 Å². The average molecular weight is 291 g/mol. The topological polar surface area (TPSA) is 83.5 Å². The molecule has 1 atom stereocenters. The lowest BCUT2D eigenvalue weighted by Crippen LogP contribution is -2.12. The molecule has 0 aliphatic carbocycles. The highest BCUT2D eigenvalue weighted by molar-refractivity contribution is 5.89. The molecule has 0 saturated carbocycles. The van der Waals surface area contributed by atoms with Gasteiger partial charge >= 0.3 is 11.9 Å². The van der Waals surface area contributed by atoms with Crippen LogP contribution < -0.4 is 0 Å². The van der Waals surface area contributed by atoms with Crippen LogP contribution >= 0.6 is 0 Å². The highest BCUT2D eigenvalue weighted by atomic mass is 16.5. The van der Waals surface area contributed by atoms with Crippen molar-refractivity contribution in [1.29, 1.82) is 0 Å². The van der Waals surface area contributed by atoms with Gasteiger partial charge in [0.05, 0.1) is 18.8 Å². The molecule has 0 aliphatic heterocycles. The Morgan fingerprint density at radius 1 is 1.29 bits per heavy atom. The lowest BCUT2D eigenvalue weighted by molar-refractivity contribution is -0.137. The molecule has 0 aliphatic rings. The van der Waals surface area contributed by atoms with Gasteiger partial charge in [0, 0.05) is 6.08 Å². The first-order valence-electron chi connectivity index (χ1n) is 6.79. The highest BCUT2D eigenvalue weighted by Gasteiger charge is 2.18. The number of rotatable bonds is 9. The van der Waals surface area contributed by atoms with Gasteiger partial charge in [-0.2, -0.15) is 0 Å². The van der Waals surface area contributed by atoms with Crippen LogP contribution in [0.15, 0.2) is 36.9 Å². The van der Waals surface area contributed by atoms with Gasteiger partial charge in [-0.25, -0.2) is 14.7 Å². The van der Waals surface area contributed by atoms with Crippen molar-refractivity contribution in [3.63, 3.8) is 0 Å². The van der Waals surface area contributed by atoms with Crippen molar-refractivity contribution in [1.82, 2.24) is 0 Å². The van der Waals surface area contributed by atoms with E-state index in [0.717, 1.165) is 6.08 Å². The minimum absolute atomic E-state index is 0.121. The molecule has 21 heavy (non-hydrogen) atoms. The first-order chi connectivity index (χ1) is 10.1. The van der Waals surface area contributed by atoms with Gasteiger partial charge in [-0.1, -0.05) is 24.8 Å². The fourth-order valence-electron chi connectivity index (χ4n) is 2.19. The van der Waals surface area contributed by atoms with E-state index in [-0.39, 0.29) is 24.7 Å². The molecule has 1 radical (unpaired) electrons. The number of carbonyl (C=O) groups is 2. The molecule has 0 saturated heterocycles. The fraction of sp³-hybridized carbons (Fsp3) is 0.375. The summed E-state index contributed by atoms with van der Waals surface area (Å²) in [4.78, 5) is 22.3. The Labute approximate surface area is 123 Å². The number of esters is 1. The standard InChI is InChI=1S/C16H19O5/c1-2-15(18)21-11-9-12(6-5-10-17)13-7-3-4-8-14(13)16(19)20/h2-4,7-8,12H,1,5-6,9-11H2,(H,19,20). The minimum Gasteiger partial charge on any atom is -0.478 e. The van der Waals surface area contributed by atoms with Crippen LogP contribution in [0.1, 0.15) is 41.1 Å². The Hall–Kier alpha value is -2.14. The Kier molecular flexibility index (Phi) is 7.18. The number of aromatic carboxylic acids is 1. The second-order valence-electron chi connectivity index (χ2n) is 4.60. The van der Waals surface area contributed by atoms with Crippen LogP contribution in [-0.4, -0.2) is 30.3 Å². The van der Waals surface area contributed by atoms with Crippen LogP contribution in [0.5, 0.6) is 0 Å². The van der Waals surface area contributed by atoms with E-state index in [2.05, 4.69) is 6.58 Å². The van der Waals surface area contributed by atoms with Gasteiger partial charge in [0.25, 0.3) is 0 Å². The molecule has 0 spiro atoms. The van der Waals surface area contributed by atoms with Gasteiger partial charge in [0.2, 0.25) is 0 Å². The minimum atomic E-state index is -0.999. The van der Waals surface area contributed by atoms with Crippen molar-refractivity contribution >= 4 is 11.9 Å². The number of carbonyl (C=O) groups excluding carboxylic acids is 1. The summed E-state index contributed by atoms with van der Waals surface area (Å²) in [5.74, 6) is -1.63. The molecule has 1 unspecified atom stereocenters. The highest BCUT2D eigenvalue weighted by Crippen LogP contribution is 2.28. The second-order valence-corrected chi connectivity index (χ2v) is 4.60. The number of hydrogen-bond donors (Lipinski definition) is 1. The normalized spacial score (nSPS) is 11.7. The molecular formula is C16H19O5. The van der Waals surface area contributed by atoms with E-state index in [1.54, 1.807) is 18.2 Å². The third-order valence-electron chi connectivity index (χ3n) is 3.21. The van der Waals surface area contributed by atoms with Gasteiger partial charge in [0.1, 0.15) is 0 Å². The fourth-order valence-corrected chi connectivity index (χ4v) is 2.19. The molecule has 0 heterocycles. The quantitative estimate of drug-likeness (QED) is 0.560. The zero-order valence-corrected chi connectivity index (χ0v) is 11.8. The number of hydrogen-bond acceptors (Lipinski definition) is 3. The molecule has 5 nitrogen and oxygen atoms in total. The first-order valence-corrected chi connectivity index (χ1v) is 6.79. The van der Waals surface area contributed by atoms with E-state index >= 15 is 0 Å². The summed E-state index contributed by atoms with van der Waals surface area (Å²) >= 11 is 0. The SMILES string of the molecule is C=CC(=O)OCCC(CCC[O])c1ccccc1C(=O)O. The van der Waals surface area contributed by atoms with Crippen LogP contribution in [0.3, 0.4) is 0 Å². The summed E-state index contributed by atoms with van der Waals surface area (Å²) in [6.45, 7) is 3.27. The van der Waals surface area contributed by atoms with E-state index < -0.39 is 11.9 Å². The molecule has 0 aromatic heterocycles. The van der Waals surface area contributed by atoms with Crippen LogP contribution in [0, 0.1) is 0 Å². The van der Waals surface area contributed by atoms with Crippen molar-refractivity contribution in [2.75, 3.05) is 13.2 Å². The third-order valence-corrected chi connectivity index (χ3v) is 3.21.